The third-order valence-electron chi connectivity index (χ3n) is 4.74. The number of hydrogen-bond donors (Lipinski definition) is 1. The summed E-state index contributed by atoms with van der Waals surface area (Å²) in [6, 6.07) is 8.55. The Morgan fingerprint density at radius 3 is 2.62 bits per heavy atom. The summed E-state index contributed by atoms with van der Waals surface area (Å²) < 4.78 is 18.1. The molecule has 0 spiro atoms. The van der Waals surface area contributed by atoms with Gasteiger partial charge in [0.25, 0.3) is 5.91 Å². The fourth-order valence-electron chi connectivity index (χ4n) is 3.08. The second-order valence-corrected chi connectivity index (χ2v) is 7.09. The summed E-state index contributed by atoms with van der Waals surface area (Å²) in [7, 11) is 3.18. The lowest BCUT2D eigenvalue weighted by Gasteiger charge is -2.17. The van der Waals surface area contributed by atoms with Crippen LogP contribution < -0.4 is 14.8 Å². The topological polar surface area (TPSA) is 78.5 Å². The molecule has 3 rings (SSSR count). The second-order valence-electron chi connectivity index (χ2n) is 6.71. The Balaban J connectivity index is 1.72. The molecule has 7 nitrogen and oxygen atoms in total. The second kappa shape index (κ2) is 8.61. The van der Waals surface area contributed by atoms with Gasteiger partial charge in [0.1, 0.15) is 17.3 Å². The first kappa shape index (κ1) is 20.8. The Kier molecular flexibility index (Phi) is 6.17. The predicted molar refractivity (Wildman–Crippen MR) is 110 cm³/mol. The number of furan rings is 1. The third-order valence-corrected chi connectivity index (χ3v) is 5.28. The van der Waals surface area contributed by atoms with Gasteiger partial charge in [-0.25, -0.2) is 0 Å². The smallest absolute Gasteiger partial charge is 0.287 e. The number of benzene rings is 1. The van der Waals surface area contributed by atoms with Crippen LogP contribution >= 0.6 is 11.6 Å². The molecule has 1 amide bonds. The zero-order chi connectivity index (χ0) is 21.1. The molecule has 2 heterocycles. The van der Waals surface area contributed by atoms with Crippen LogP contribution in [0, 0.1) is 13.8 Å². The van der Waals surface area contributed by atoms with Gasteiger partial charge in [-0.2, -0.15) is 5.10 Å². The van der Waals surface area contributed by atoms with E-state index in [0.717, 1.165) is 17.0 Å². The Bertz CT molecular complexity index is 1030. The molecule has 3 aromatic rings. The van der Waals surface area contributed by atoms with Gasteiger partial charge in [0, 0.05) is 5.56 Å². The average Bonchev–Trinajstić information content (AvgIpc) is 3.28. The molecule has 2 aromatic heterocycles. The van der Waals surface area contributed by atoms with Crippen molar-refractivity contribution in [2.75, 3.05) is 14.2 Å². The summed E-state index contributed by atoms with van der Waals surface area (Å²) >= 11 is 6.18. The van der Waals surface area contributed by atoms with Crippen molar-refractivity contribution in [2.45, 2.75) is 33.4 Å². The van der Waals surface area contributed by atoms with E-state index in [1.165, 1.54) is 0 Å². The van der Waals surface area contributed by atoms with Crippen LogP contribution in [0.4, 0.5) is 0 Å². The van der Waals surface area contributed by atoms with Gasteiger partial charge in [0.05, 0.1) is 43.2 Å². The van der Waals surface area contributed by atoms with E-state index in [4.69, 9.17) is 25.5 Å². The van der Waals surface area contributed by atoms with Crippen LogP contribution in [-0.2, 0) is 6.54 Å². The average molecular weight is 418 g/mol. The van der Waals surface area contributed by atoms with E-state index in [1.54, 1.807) is 43.2 Å². The highest BCUT2D eigenvalue weighted by Crippen LogP contribution is 2.29. The molecular formula is C21H24ClN3O4. The normalized spacial score (nSPS) is 11.9. The molecule has 29 heavy (non-hydrogen) atoms. The van der Waals surface area contributed by atoms with E-state index in [-0.39, 0.29) is 17.7 Å². The molecule has 0 saturated carbocycles. The molecule has 1 atom stereocenters. The van der Waals surface area contributed by atoms with Gasteiger partial charge in [-0.3, -0.25) is 9.48 Å². The highest BCUT2D eigenvalue weighted by molar-refractivity contribution is 6.31. The van der Waals surface area contributed by atoms with Gasteiger partial charge < -0.3 is 19.2 Å². The highest BCUT2D eigenvalue weighted by Gasteiger charge is 2.19. The van der Waals surface area contributed by atoms with Gasteiger partial charge in [0.2, 0.25) is 0 Å². The van der Waals surface area contributed by atoms with Gasteiger partial charge in [-0.05, 0) is 51.1 Å². The van der Waals surface area contributed by atoms with Crippen LogP contribution in [0.3, 0.4) is 0 Å². The van der Waals surface area contributed by atoms with Crippen LogP contribution in [0.5, 0.6) is 11.5 Å². The maximum atomic E-state index is 12.7. The maximum Gasteiger partial charge on any atom is 0.287 e. The summed E-state index contributed by atoms with van der Waals surface area (Å²) in [5.74, 6) is 1.87. The Labute approximate surface area is 174 Å². The number of nitrogens with one attached hydrogen (secondary N) is 1. The molecule has 0 bridgehead atoms. The van der Waals surface area contributed by atoms with E-state index in [2.05, 4.69) is 10.4 Å². The summed E-state index contributed by atoms with van der Waals surface area (Å²) in [6.07, 6.45) is 0. The van der Waals surface area contributed by atoms with E-state index in [1.807, 2.05) is 26.8 Å². The van der Waals surface area contributed by atoms with E-state index >= 15 is 0 Å². The minimum atomic E-state index is -0.319. The number of methoxy groups -OCH3 is 2. The SMILES string of the molecule is COc1ccc(OC)c(C(C)NC(=O)c2ccc(Cn3nc(C)c(Cl)c3C)o2)c1. The number of aromatic nitrogens is 2. The number of carbonyl (C=O) groups excluding carboxylic acids is 1. The van der Waals surface area contributed by atoms with Gasteiger partial charge in [0.15, 0.2) is 5.76 Å². The lowest BCUT2D eigenvalue weighted by atomic mass is 10.1. The van der Waals surface area contributed by atoms with Crippen molar-refractivity contribution in [3.63, 3.8) is 0 Å². The third kappa shape index (κ3) is 4.40. The standard InChI is InChI=1S/C21H24ClN3O4/c1-12(17-10-15(27-4)6-8-18(17)28-5)23-21(26)19-9-7-16(29-19)11-25-14(3)20(22)13(2)24-25/h6-10,12H,11H2,1-5H3,(H,23,26). The minimum Gasteiger partial charge on any atom is -0.497 e. The quantitative estimate of drug-likeness (QED) is 0.620. The molecule has 8 heteroatoms. The Morgan fingerprint density at radius 1 is 1.24 bits per heavy atom. The number of rotatable bonds is 7. The van der Waals surface area contributed by atoms with Crippen molar-refractivity contribution in [2.24, 2.45) is 0 Å². The number of hydrogen-bond acceptors (Lipinski definition) is 5. The molecule has 0 aliphatic rings. The molecule has 0 saturated heterocycles. The molecule has 1 unspecified atom stereocenters. The van der Waals surface area contributed by atoms with Crippen molar-refractivity contribution >= 4 is 17.5 Å². The molecular weight excluding hydrogens is 394 g/mol. The highest BCUT2D eigenvalue weighted by atomic mass is 35.5. The van der Waals surface area contributed by atoms with Crippen LogP contribution in [0.15, 0.2) is 34.7 Å². The first-order valence-corrected chi connectivity index (χ1v) is 9.52. The van der Waals surface area contributed by atoms with Gasteiger partial charge in [-0.1, -0.05) is 11.6 Å². The molecule has 1 N–H and O–H groups in total. The Morgan fingerprint density at radius 2 is 2.00 bits per heavy atom. The van der Waals surface area contributed by atoms with Crippen molar-refractivity contribution < 1.29 is 18.7 Å². The van der Waals surface area contributed by atoms with Crippen molar-refractivity contribution in [1.82, 2.24) is 15.1 Å². The number of nitrogens with zero attached hydrogens (tertiary/aromatic N) is 2. The zero-order valence-corrected chi connectivity index (χ0v) is 17.8. The number of aryl methyl sites for hydroxylation is 1. The minimum absolute atomic E-state index is 0.223. The maximum absolute atomic E-state index is 12.7. The summed E-state index contributed by atoms with van der Waals surface area (Å²) in [6.45, 7) is 6.01. The van der Waals surface area contributed by atoms with Crippen molar-refractivity contribution in [1.29, 1.82) is 0 Å². The van der Waals surface area contributed by atoms with Crippen LogP contribution in [-0.4, -0.2) is 29.9 Å². The first-order valence-electron chi connectivity index (χ1n) is 9.15. The number of carbonyl (C=O) groups is 1. The fourth-order valence-corrected chi connectivity index (χ4v) is 3.22. The van der Waals surface area contributed by atoms with Crippen LogP contribution in [0.1, 0.15) is 46.2 Å². The van der Waals surface area contributed by atoms with Crippen LogP contribution in [0.2, 0.25) is 5.02 Å². The molecule has 1 aromatic carbocycles. The van der Waals surface area contributed by atoms with Gasteiger partial charge >= 0.3 is 0 Å². The molecule has 0 fully saturated rings. The predicted octanol–water partition coefficient (Wildman–Crippen LogP) is 4.30. The van der Waals surface area contributed by atoms with Gasteiger partial charge in [-0.15, -0.1) is 0 Å². The van der Waals surface area contributed by atoms with Crippen molar-refractivity contribution in [3.05, 3.63) is 63.8 Å². The number of amides is 1. The number of ether oxygens (including phenoxy) is 2. The summed E-state index contributed by atoms with van der Waals surface area (Å²) in [4.78, 5) is 12.7. The molecule has 0 radical (unpaired) electrons. The molecule has 0 aliphatic heterocycles. The summed E-state index contributed by atoms with van der Waals surface area (Å²) in [5.41, 5.74) is 2.42. The van der Waals surface area contributed by atoms with E-state index in [9.17, 15) is 4.79 Å². The monoisotopic (exact) mass is 417 g/mol. The van der Waals surface area contributed by atoms with E-state index < -0.39 is 0 Å². The largest absolute Gasteiger partial charge is 0.497 e. The first-order chi connectivity index (χ1) is 13.8. The molecule has 154 valence electrons. The van der Waals surface area contributed by atoms with Crippen LogP contribution in [0.25, 0.3) is 0 Å². The fraction of sp³-hybridized carbons (Fsp3) is 0.333. The lowest BCUT2D eigenvalue weighted by Crippen LogP contribution is -2.26. The van der Waals surface area contributed by atoms with Crippen molar-refractivity contribution in [3.8, 4) is 11.5 Å². The summed E-state index contributed by atoms with van der Waals surface area (Å²) in [5, 5.41) is 7.94. The zero-order valence-electron chi connectivity index (χ0n) is 17.1. The van der Waals surface area contributed by atoms with E-state index in [0.29, 0.717) is 28.8 Å². The Hall–Kier alpha value is -2.93. The molecule has 0 aliphatic carbocycles. The lowest BCUT2D eigenvalue weighted by molar-refractivity contribution is 0.0909. The number of halogens is 1.